The molecule has 0 fully saturated rings. The second-order valence-electron chi connectivity index (χ2n) is 7.56. The molecule has 0 bridgehead atoms. The predicted octanol–water partition coefficient (Wildman–Crippen LogP) is 1.73. The van der Waals surface area contributed by atoms with Crippen LogP contribution in [0.2, 0.25) is 0 Å². The maximum atomic E-state index is 12.7. The van der Waals surface area contributed by atoms with Gasteiger partial charge < -0.3 is 15.6 Å². The molecule has 0 saturated carbocycles. The molecule has 2 rings (SSSR count). The van der Waals surface area contributed by atoms with E-state index in [4.69, 9.17) is 10.3 Å². The van der Waals surface area contributed by atoms with Crippen molar-refractivity contribution in [1.29, 1.82) is 0 Å². The van der Waals surface area contributed by atoms with E-state index < -0.39 is 33.5 Å². The second kappa shape index (κ2) is 9.02. The fraction of sp³-hybridized carbons (Fsp3) is 0.368. The molecule has 2 aromatic rings. The van der Waals surface area contributed by atoms with E-state index in [0.29, 0.717) is 6.21 Å². The van der Waals surface area contributed by atoms with E-state index in [1.54, 1.807) is 32.9 Å². The zero-order valence-electron chi connectivity index (χ0n) is 17.1. The van der Waals surface area contributed by atoms with Gasteiger partial charge in [0.25, 0.3) is 15.8 Å². The van der Waals surface area contributed by atoms with Crippen molar-refractivity contribution in [2.45, 2.75) is 50.7 Å². The molecule has 0 radical (unpaired) electrons. The van der Waals surface area contributed by atoms with Crippen molar-refractivity contribution in [2.75, 3.05) is 0 Å². The molecular formula is C19H23N5O5S. The number of hydrogen-bond acceptors (Lipinski definition) is 6. The van der Waals surface area contributed by atoms with E-state index in [9.17, 15) is 18.0 Å². The molecule has 1 N–H and O–H groups in total. The largest absolute Gasteiger partial charge is 0.444 e. The number of ketones is 1. The van der Waals surface area contributed by atoms with Gasteiger partial charge in [0, 0.05) is 12.6 Å². The summed E-state index contributed by atoms with van der Waals surface area (Å²) in [5.41, 5.74) is 8.99. The van der Waals surface area contributed by atoms with Gasteiger partial charge in [-0.25, -0.2) is 22.2 Å². The Hall–Kier alpha value is -3.30. The number of nitrogens with one attached hydrogen (secondary N) is 1. The van der Waals surface area contributed by atoms with Crippen LogP contribution in [-0.4, -0.2) is 51.9 Å². The lowest BCUT2D eigenvalue weighted by atomic mass is 10.1. The SMILES string of the molecule is Cc1ccc(S(=O)(=O)n2cnc(C[C@H](NC(=O)OC(C)(C)C)C(=O)C=[N+]=[N-])c2)cc1. The standard InChI is InChI=1S/C19H23N5O5S/c1-13-5-7-15(8-6-13)30(27,28)24-11-14(21-12-24)9-16(17(25)10-22-20)23-18(26)29-19(2,3)4/h5-8,10-12,16H,9H2,1-4H3,(H,23,26)/t16-/m0/s1. The number of ether oxygens (including phenoxy) is 1. The van der Waals surface area contributed by atoms with Crippen LogP contribution in [0.5, 0.6) is 0 Å². The van der Waals surface area contributed by atoms with Crippen LogP contribution < -0.4 is 5.32 Å². The minimum absolute atomic E-state index is 0.0870. The molecule has 1 aromatic heterocycles. The van der Waals surface area contributed by atoms with Crippen LogP contribution in [0.4, 0.5) is 4.79 Å². The van der Waals surface area contributed by atoms with Crippen molar-refractivity contribution >= 4 is 28.1 Å². The average Bonchev–Trinajstić information content (AvgIpc) is 3.09. The minimum atomic E-state index is -3.86. The van der Waals surface area contributed by atoms with E-state index in [0.717, 1.165) is 15.9 Å². The third-order valence-corrected chi connectivity index (χ3v) is 5.47. The number of carbonyl (C=O) groups is 2. The maximum absolute atomic E-state index is 12.7. The fourth-order valence-corrected chi connectivity index (χ4v) is 3.60. The smallest absolute Gasteiger partial charge is 0.408 e. The fourth-order valence-electron chi connectivity index (χ4n) is 2.44. The summed E-state index contributed by atoms with van der Waals surface area (Å²) in [6.07, 6.45) is 2.02. The molecule has 0 spiro atoms. The van der Waals surface area contributed by atoms with Crippen molar-refractivity contribution in [3.05, 3.63) is 53.6 Å². The molecule has 10 nitrogen and oxygen atoms in total. The van der Waals surface area contributed by atoms with Crippen LogP contribution in [0.25, 0.3) is 5.53 Å². The van der Waals surface area contributed by atoms with Gasteiger partial charge in [0.15, 0.2) is 0 Å². The summed E-state index contributed by atoms with van der Waals surface area (Å²) in [6, 6.07) is 5.16. The lowest BCUT2D eigenvalue weighted by Crippen LogP contribution is -2.45. The van der Waals surface area contributed by atoms with Crippen LogP contribution in [0.3, 0.4) is 0 Å². The highest BCUT2D eigenvalue weighted by Crippen LogP contribution is 2.15. The summed E-state index contributed by atoms with van der Waals surface area (Å²) >= 11 is 0. The molecule has 0 aliphatic carbocycles. The molecule has 0 aliphatic rings. The number of carbonyl (C=O) groups excluding carboxylic acids is 2. The van der Waals surface area contributed by atoms with Gasteiger partial charge in [-0.1, -0.05) is 17.7 Å². The molecule has 0 aliphatic heterocycles. The van der Waals surface area contributed by atoms with E-state index in [2.05, 4.69) is 15.1 Å². The Bertz CT molecular complexity index is 1080. The van der Waals surface area contributed by atoms with Gasteiger partial charge in [-0.05, 0) is 39.8 Å². The highest BCUT2D eigenvalue weighted by atomic mass is 32.2. The van der Waals surface area contributed by atoms with Gasteiger partial charge in [0.1, 0.15) is 18.0 Å². The van der Waals surface area contributed by atoms with Gasteiger partial charge in [0.2, 0.25) is 0 Å². The summed E-state index contributed by atoms with van der Waals surface area (Å²) in [6.45, 7) is 6.83. The number of imidazole rings is 1. The second-order valence-corrected chi connectivity index (χ2v) is 9.41. The van der Waals surface area contributed by atoms with Gasteiger partial charge in [-0.3, -0.25) is 4.79 Å². The maximum Gasteiger partial charge on any atom is 0.408 e. The number of aromatic nitrogens is 2. The molecule has 0 unspecified atom stereocenters. The highest BCUT2D eigenvalue weighted by molar-refractivity contribution is 7.90. The van der Waals surface area contributed by atoms with Crippen molar-refractivity contribution in [3.8, 4) is 0 Å². The molecule has 1 atom stereocenters. The van der Waals surface area contributed by atoms with E-state index in [1.807, 2.05) is 6.92 Å². The van der Waals surface area contributed by atoms with Crippen molar-refractivity contribution in [1.82, 2.24) is 14.3 Å². The Kier molecular flexibility index (Phi) is 6.91. The number of benzene rings is 1. The molecule has 30 heavy (non-hydrogen) atoms. The Morgan fingerprint density at radius 1 is 1.30 bits per heavy atom. The molecule has 160 valence electrons. The summed E-state index contributed by atoms with van der Waals surface area (Å²) < 4.78 is 31.5. The zero-order valence-corrected chi connectivity index (χ0v) is 17.9. The van der Waals surface area contributed by atoms with Gasteiger partial charge in [0.05, 0.1) is 10.6 Å². The third kappa shape index (κ3) is 6.10. The third-order valence-electron chi connectivity index (χ3n) is 3.84. The Balaban J connectivity index is 2.24. The Labute approximate surface area is 174 Å². The van der Waals surface area contributed by atoms with E-state index >= 15 is 0 Å². The van der Waals surface area contributed by atoms with E-state index in [1.165, 1.54) is 18.3 Å². The molecule has 1 aromatic carbocycles. The number of alkyl carbamates (subject to hydrolysis) is 1. The van der Waals surface area contributed by atoms with Crippen LogP contribution in [-0.2, 0) is 26.0 Å². The number of hydrogen-bond donors (Lipinski definition) is 1. The van der Waals surface area contributed by atoms with Gasteiger partial charge in [-0.2, -0.15) is 4.79 Å². The monoisotopic (exact) mass is 433 g/mol. The molecule has 1 amide bonds. The molecule has 1 heterocycles. The molecular weight excluding hydrogens is 410 g/mol. The van der Waals surface area contributed by atoms with Crippen molar-refractivity contribution in [2.24, 2.45) is 0 Å². The first-order valence-electron chi connectivity index (χ1n) is 8.98. The van der Waals surface area contributed by atoms with Gasteiger partial charge in [-0.15, -0.1) is 0 Å². The number of rotatable bonds is 7. The van der Waals surface area contributed by atoms with Crippen LogP contribution in [0.1, 0.15) is 32.0 Å². The average molecular weight is 433 g/mol. The number of Topliss-reactive ketones (excluding diaryl/α,β-unsaturated/α-hetero) is 1. The normalized spacial score (nSPS) is 12.5. The van der Waals surface area contributed by atoms with Crippen molar-refractivity contribution < 1.29 is 27.5 Å². The Morgan fingerprint density at radius 3 is 2.50 bits per heavy atom. The quantitative estimate of drug-likeness (QED) is 0.400. The summed E-state index contributed by atoms with van der Waals surface area (Å²) in [7, 11) is -3.86. The summed E-state index contributed by atoms with van der Waals surface area (Å²) in [4.78, 5) is 31.0. The first kappa shape index (κ1) is 23.0. The first-order valence-corrected chi connectivity index (χ1v) is 10.4. The predicted molar refractivity (Wildman–Crippen MR) is 108 cm³/mol. The molecule has 11 heteroatoms. The first-order chi connectivity index (χ1) is 13.9. The van der Waals surface area contributed by atoms with Crippen LogP contribution in [0, 0.1) is 6.92 Å². The number of amides is 1. The Morgan fingerprint density at radius 2 is 1.93 bits per heavy atom. The van der Waals surface area contributed by atoms with Gasteiger partial charge >= 0.3 is 12.3 Å². The number of aryl methyl sites for hydroxylation is 1. The summed E-state index contributed by atoms with van der Waals surface area (Å²) in [5, 5.41) is 2.38. The van der Waals surface area contributed by atoms with Crippen LogP contribution in [0.15, 0.2) is 41.7 Å². The molecule has 0 saturated heterocycles. The lowest BCUT2D eigenvalue weighted by Gasteiger charge is -2.21. The minimum Gasteiger partial charge on any atom is -0.444 e. The highest BCUT2D eigenvalue weighted by Gasteiger charge is 2.27. The van der Waals surface area contributed by atoms with E-state index in [-0.39, 0.29) is 17.0 Å². The van der Waals surface area contributed by atoms with Crippen molar-refractivity contribution in [3.63, 3.8) is 0 Å². The topological polar surface area (TPSA) is 144 Å². The van der Waals surface area contributed by atoms with Crippen LogP contribution >= 0.6 is 0 Å². The lowest BCUT2D eigenvalue weighted by molar-refractivity contribution is -0.118. The number of nitrogens with zero attached hydrogens (tertiary/aromatic N) is 4. The zero-order chi connectivity index (χ0) is 22.5. The summed E-state index contributed by atoms with van der Waals surface area (Å²) in [5.74, 6) is -0.709.